The summed E-state index contributed by atoms with van der Waals surface area (Å²) in [5.41, 5.74) is 3.63. The van der Waals surface area contributed by atoms with E-state index in [1.807, 2.05) is 56.4 Å². The van der Waals surface area contributed by atoms with E-state index in [-0.39, 0.29) is 23.5 Å². The van der Waals surface area contributed by atoms with Crippen molar-refractivity contribution in [2.75, 3.05) is 13.1 Å². The van der Waals surface area contributed by atoms with Gasteiger partial charge in [-0.25, -0.2) is 8.42 Å². The van der Waals surface area contributed by atoms with E-state index in [0.717, 1.165) is 27.7 Å². The van der Waals surface area contributed by atoms with Gasteiger partial charge in [0.05, 0.1) is 16.7 Å². The van der Waals surface area contributed by atoms with Crippen LogP contribution in [0.3, 0.4) is 0 Å². The molecule has 8 nitrogen and oxygen atoms in total. The lowest BCUT2D eigenvalue weighted by Gasteiger charge is -2.31. The molecule has 4 aromatic rings. The van der Waals surface area contributed by atoms with Gasteiger partial charge in [-0.05, 0) is 80.6 Å². The van der Waals surface area contributed by atoms with E-state index in [1.165, 1.54) is 4.31 Å². The predicted molar refractivity (Wildman–Crippen MR) is 146 cm³/mol. The molecule has 9 heteroatoms. The van der Waals surface area contributed by atoms with E-state index < -0.39 is 16.0 Å². The van der Waals surface area contributed by atoms with Crippen LogP contribution in [0.1, 0.15) is 38.2 Å². The fourth-order valence-corrected chi connectivity index (χ4v) is 6.60. The summed E-state index contributed by atoms with van der Waals surface area (Å²) in [7, 11) is -3.61. The molecule has 2 aromatic heterocycles. The molecule has 0 spiro atoms. The summed E-state index contributed by atoms with van der Waals surface area (Å²) >= 11 is 0. The van der Waals surface area contributed by atoms with Gasteiger partial charge in [0.1, 0.15) is 12.3 Å². The van der Waals surface area contributed by atoms with E-state index in [1.54, 1.807) is 35.0 Å². The van der Waals surface area contributed by atoms with Crippen LogP contribution in [-0.2, 0) is 21.4 Å². The first-order valence-corrected chi connectivity index (χ1v) is 14.2. The number of nitrogens with zero attached hydrogens (tertiary/aromatic N) is 3. The molecule has 0 aliphatic carbocycles. The Hall–Kier alpha value is -3.69. The third-order valence-electron chi connectivity index (χ3n) is 6.91. The number of piperidine rings is 1. The van der Waals surface area contributed by atoms with Gasteiger partial charge < -0.3 is 14.4 Å². The van der Waals surface area contributed by atoms with Crippen LogP contribution in [0, 0.1) is 0 Å². The minimum Gasteiger partial charge on any atom is -0.491 e. The first-order valence-electron chi connectivity index (χ1n) is 12.8. The Labute approximate surface area is 222 Å². The van der Waals surface area contributed by atoms with Gasteiger partial charge in [0, 0.05) is 41.9 Å². The molecule has 0 atom stereocenters. The topological polar surface area (TPSA) is 102 Å². The van der Waals surface area contributed by atoms with Crippen LogP contribution in [0.25, 0.3) is 22.2 Å². The molecule has 5 rings (SSSR count). The number of ether oxygens (including phenoxy) is 1. The summed E-state index contributed by atoms with van der Waals surface area (Å²) in [5.74, 6) is -0.148. The average molecular weight is 534 g/mol. The Morgan fingerprint density at radius 1 is 1.08 bits per heavy atom. The zero-order valence-electron chi connectivity index (χ0n) is 21.4. The standard InChI is InChI=1S/C29H31N3O5S/c1-20(2)37-23-7-9-24(10-8-23)38(35,36)32-15-12-21(13-16-32)26-18-31(19-29(33)34)28-17-22(6-11-25(26)28)27-5-3-4-14-30-27/h3-11,14,17-18,20-21H,12-13,15-16,19H2,1-2H3,(H,33,34). The molecule has 1 fully saturated rings. The normalized spacial score (nSPS) is 15.2. The second-order valence-corrected chi connectivity index (χ2v) is 11.8. The maximum atomic E-state index is 13.3. The smallest absolute Gasteiger partial charge is 0.323 e. The van der Waals surface area contributed by atoms with Crippen LogP contribution in [0.4, 0.5) is 0 Å². The van der Waals surface area contributed by atoms with Crippen molar-refractivity contribution in [3.63, 3.8) is 0 Å². The van der Waals surface area contributed by atoms with Crippen molar-refractivity contribution in [2.24, 2.45) is 0 Å². The van der Waals surface area contributed by atoms with E-state index in [4.69, 9.17) is 4.74 Å². The van der Waals surface area contributed by atoms with Gasteiger partial charge in [-0.15, -0.1) is 0 Å². The molecule has 3 heterocycles. The molecule has 0 radical (unpaired) electrons. The van der Waals surface area contributed by atoms with Crippen molar-refractivity contribution >= 4 is 26.9 Å². The van der Waals surface area contributed by atoms with E-state index in [2.05, 4.69) is 4.98 Å². The van der Waals surface area contributed by atoms with Gasteiger partial charge >= 0.3 is 5.97 Å². The number of hydrogen-bond donors (Lipinski definition) is 1. The number of carboxylic acids is 1. The van der Waals surface area contributed by atoms with Crippen molar-refractivity contribution in [1.29, 1.82) is 0 Å². The second kappa shape index (κ2) is 10.6. The largest absolute Gasteiger partial charge is 0.491 e. The Bertz CT molecular complexity index is 1540. The molecule has 38 heavy (non-hydrogen) atoms. The van der Waals surface area contributed by atoms with Gasteiger partial charge in [-0.2, -0.15) is 4.31 Å². The highest BCUT2D eigenvalue weighted by atomic mass is 32.2. The van der Waals surface area contributed by atoms with E-state index >= 15 is 0 Å². The fourth-order valence-electron chi connectivity index (χ4n) is 5.13. The SMILES string of the molecule is CC(C)Oc1ccc(S(=O)(=O)N2CCC(c3cn(CC(=O)O)c4cc(-c5ccccn5)ccc34)CC2)cc1. The molecule has 0 amide bonds. The lowest BCUT2D eigenvalue weighted by Crippen LogP contribution is -2.37. The highest BCUT2D eigenvalue weighted by Gasteiger charge is 2.31. The fraction of sp³-hybridized carbons (Fsp3) is 0.310. The van der Waals surface area contributed by atoms with Crippen LogP contribution in [0.15, 0.2) is 78.0 Å². The monoisotopic (exact) mass is 533 g/mol. The number of fused-ring (bicyclic) bond motifs is 1. The number of benzene rings is 2. The minimum absolute atomic E-state index is 0.0134. The Kier molecular flexibility index (Phi) is 7.23. The van der Waals surface area contributed by atoms with E-state index in [9.17, 15) is 18.3 Å². The van der Waals surface area contributed by atoms with Gasteiger partial charge in [-0.3, -0.25) is 9.78 Å². The molecule has 1 aliphatic rings. The first kappa shape index (κ1) is 25.9. The van der Waals surface area contributed by atoms with Crippen molar-refractivity contribution in [1.82, 2.24) is 13.9 Å². The lowest BCUT2D eigenvalue weighted by molar-refractivity contribution is -0.137. The Morgan fingerprint density at radius 2 is 1.82 bits per heavy atom. The summed E-state index contributed by atoms with van der Waals surface area (Å²) in [5, 5.41) is 10.5. The predicted octanol–water partition coefficient (Wildman–Crippen LogP) is 5.14. The molecular weight excluding hydrogens is 502 g/mol. The number of aliphatic carboxylic acids is 1. The van der Waals surface area contributed by atoms with Gasteiger partial charge in [0.2, 0.25) is 10.0 Å². The molecule has 2 aromatic carbocycles. The van der Waals surface area contributed by atoms with Crippen LogP contribution < -0.4 is 4.74 Å². The number of hydrogen-bond acceptors (Lipinski definition) is 5. The molecule has 198 valence electrons. The van der Waals surface area contributed by atoms with Crippen molar-refractivity contribution in [3.8, 4) is 17.0 Å². The number of carbonyl (C=O) groups is 1. The number of rotatable bonds is 8. The van der Waals surface area contributed by atoms with Crippen LogP contribution in [0.5, 0.6) is 5.75 Å². The third kappa shape index (κ3) is 5.30. The Morgan fingerprint density at radius 3 is 2.45 bits per heavy atom. The maximum absolute atomic E-state index is 13.3. The summed E-state index contributed by atoms with van der Waals surface area (Å²) in [6, 6.07) is 18.3. The van der Waals surface area contributed by atoms with Gasteiger partial charge in [0.25, 0.3) is 0 Å². The summed E-state index contributed by atoms with van der Waals surface area (Å²) < 4.78 is 35.5. The quantitative estimate of drug-likeness (QED) is 0.336. The molecule has 1 aliphatic heterocycles. The zero-order chi connectivity index (χ0) is 26.9. The third-order valence-corrected chi connectivity index (χ3v) is 8.82. The zero-order valence-corrected chi connectivity index (χ0v) is 22.3. The van der Waals surface area contributed by atoms with Crippen LogP contribution >= 0.6 is 0 Å². The summed E-state index contributed by atoms with van der Waals surface area (Å²) in [6.45, 7) is 4.50. The molecule has 0 bridgehead atoms. The maximum Gasteiger partial charge on any atom is 0.323 e. The highest BCUT2D eigenvalue weighted by Crippen LogP contribution is 2.37. The molecule has 0 saturated carbocycles. The molecule has 1 saturated heterocycles. The molecule has 1 N–H and O–H groups in total. The van der Waals surface area contributed by atoms with Crippen LogP contribution in [0.2, 0.25) is 0 Å². The van der Waals surface area contributed by atoms with Gasteiger partial charge in [-0.1, -0.05) is 18.2 Å². The number of sulfonamides is 1. The van der Waals surface area contributed by atoms with E-state index in [0.29, 0.717) is 31.7 Å². The molecule has 0 unspecified atom stereocenters. The highest BCUT2D eigenvalue weighted by molar-refractivity contribution is 7.89. The summed E-state index contributed by atoms with van der Waals surface area (Å²) in [6.07, 6.45) is 4.98. The summed E-state index contributed by atoms with van der Waals surface area (Å²) in [4.78, 5) is 16.3. The first-order chi connectivity index (χ1) is 18.2. The van der Waals surface area contributed by atoms with Gasteiger partial charge in [0.15, 0.2) is 0 Å². The number of aromatic nitrogens is 2. The minimum atomic E-state index is -3.61. The van der Waals surface area contributed by atoms with Crippen LogP contribution in [-0.4, -0.2) is 52.5 Å². The second-order valence-electron chi connectivity index (χ2n) is 9.87. The Balaban J connectivity index is 1.37. The average Bonchev–Trinajstić information content (AvgIpc) is 3.26. The molecular formula is C29H31N3O5S. The van der Waals surface area contributed by atoms with Crippen molar-refractivity contribution < 1.29 is 23.1 Å². The van der Waals surface area contributed by atoms with Crippen molar-refractivity contribution in [2.45, 2.75) is 50.2 Å². The number of carboxylic acid groups (broad SMARTS) is 1. The van der Waals surface area contributed by atoms with Crippen molar-refractivity contribution in [3.05, 3.63) is 78.6 Å². The number of pyridine rings is 1. The lowest BCUT2D eigenvalue weighted by atomic mass is 9.90.